The molecule has 0 aliphatic carbocycles. The maximum absolute atomic E-state index is 12.3. The van der Waals surface area contributed by atoms with Crippen LogP contribution in [0.4, 0.5) is 13.2 Å². The molecule has 0 aliphatic heterocycles. The van der Waals surface area contributed by atoms with Crippen LogP contribution in [0.15, 0.2) is 42.6 Å². The van der Waals surface area contributed by atoms with E-state index in [-0.39, 0.29) is 16.6 Å². The fourth-order valence-corrected chi connectivity index (χ4v) is 1.66. The summed E-state index contributed by atoms with van der Waals surface area (Å²) < 4.78 is 46.2. The molecule has 1 aromatic carbocycles. The maximum atomic E-state index is 12.3. The second-order valence-electron chi connectivity index (χ2n) is 3.82. The summed E-state index contributed by atoms with van der Waals surface area (Å²) in [4.78, 5) is 3.93. The molecular weight excluding hydrogens is 305 g/mol. The van der Waals surface area contributed by atoms with Gasteiger partial charge in [-0.2, -0.15) is 0 Å². The fraction of sp³-hybridized carbons (Fsp3) is 0.0769. The molecule has 0 fully saturated rings. The Kier molecular flexibility index (Phi) is 4.27. The van der Waals surface area contributed by atoms with Gasteiger partial charge in [0.2, 0.25) is 5.88 Å². The number of thiocarbonyl (C=S) groups is 1. The van der Waals surface area contributed by atoms with E-state index >= 15 is 0 Å². The van der Waals surface area contributed by atoms with Crippen molar-refractivity contribution in [3.05, 3.63) is 48.2 Å². The summed E-state index contributed by atoms with van der Waals surface area (Å²) >= 11 is 4.83. The number of ether oxygens (including phenoxy) is 2. The molecule has 110 valence electrons. The Hall–Kier alpha value is -2.35. The van der Waals surface area contributed by atoms with Gasteiger partial charge in [0, 0.05) is 6.20 Å². The molecule has 0 bridgehead atoms. The molecule has 2 aromatic rings. The highest BCUT2D eigenvalue weighted by atomic mass is 32.1. The molecular formula is C13H9F3N2O2S. The minimum Gasteiger partial charge on any atom is -0.434 e. The van der Waals surface area contributed by atoms with E-state index in [0.29, 0.717) is 5.56 Å². The first-order chi connectivity index (χ1) is 9.87. The molecule has 0 atom stereocenters. The van der Waals surface area contributed by atoms with Gasteiger partial charge in [-0.05, 0) is 24.3 Å². The summed E-state index contributed by atoms with van der Waals surface area (Å²) in [7, 11) is 0. The Labute approximate surface area is 123 Å². The highest BCUT2D eigenvalue weighted by Crippen LogP contribution is 2.35. The number of hydrogen-bond donors (Lipinski definition) is 1. The molecule has 0 saturated heterocycles. The second-order valence-corrected chi connectivity index (χ2v) is 4.26. The molecule has 8 heteroatoms. The van der Waals surface area contributed by atoms with E-state index in [1.165, 1.54) is 24.4 Å². The lowest BCUT2D eigenvalue weighted by molar-refractivity contribution is -0.275. The number of benzene rings is 1. The summed E-state index contributed by atoms with van der Waals surface area (Å²) in [5, 5.41) is 0. The van der Waals surface area contributed by atoms with Gasteiger partial charge >= 0.3 is 6.36 Å². The zero-order valence-corrected chi connectivity index (χ0v) is 11.2. The van der Waals surface area contributed by atoms with Crippen molar-refractivity contribution in [3.8, 4) is 17.4 Å². The van der Waals surface area contributed by atoms with Gasteiger partial charge in [-0.15, -0.1) is 13.2 Å². The summed E-state index contributed by atoms with van der Waals surface area (Å²) in [6.07, 6.45) is -3.42. The Morgan fingerprint density at radius 3 is 2.38 bits per heavy atom. The monoisotopic (exact) mass is 314 g/mol. The number of aromatic nitrogens is 1. The molecule has 0 unspecified atom stereocenters. The third kappa shape index (κ3) is 4.06. The zero-order chi connectivity index (χ0) is 15.5. The van der Waals surface area contributed by atoms with Crippen LogP contribution in [0.5, 0.6) is 17.4 Å². The van der Waals surface area contributed by atoms with Crippen molar-refractivity contribution in [2.45, 2.75) is 6.36 Å². The molecule has 1 aromatic heterocycles. The summed E-state index contributed by atoms with van der Waals surface area (Å²) in [5.74, 6) is -0.626. The van der Waals surface area contributed by atoms with Crippen LogP contribution in [0.2, 0.25) is 0 Å². The van der Waals surface area contributed by atoms with Crippen molar-refractivity contribution >= 4 is 17.2 Å². The molecule has 0 amide bonds. The van der Waals surface area contributed by atoms with Gasteiger partial charge in [0.1, 0.15) is 4.99 Å². The van der Waals surface area contributed by atoms with E-state index in [1.807, 2.05) is 0 Å². The first kappa shape index (κ1) is 15.0. The van der Waals surface area contributed by atoms with Gasteiger partial charge in [-0.25, -0.2) is 4.98 Å². The van der Waals surface area contributed by atoms with Crippen LogP contribution in [-0.2, 0) is 0 Å². The number of nitrogens with zero attached hydrogens (tertiary/aromatic N) is 1. The SMILES string of the molecule is NC(=S)c1cccnc1Oc1ccccc1OC(F)(F)F. The van der Waals surface area contributed by atoms with Crippen LogP contribution >= 0.6 is 12.2 Å². The molecule has 0 radical (unpaired) electrons. The van der Waals surface area contributed by atoms with E-state index in [9.17, 15) is 13.2 Å². The first-order valence-electron chi connectivity index (χ1n) is 5.64. The summed E-state index contributed by atoms with van der Waals surface area (Å²) in [5.41, 5.74) is 5.82. The number of para-hydroxylation sites is 2. The van der Waals surface area contributed by atoms with Crippen molar-refractivity contribution in [1.82, 2.24) is 4.98 Å². The molecule has 0 aliphatic rings. The second kappa shape index (κ2) is 5.96. The number of rotatable bonds is 4. The van der Waals surface area contributed by atoms with E-state index in [4.69, 9.17) is 22.7 Å². The van der Waals surface area contributed by atoms with Crippen LogP contribution in [-0.4, -0.2) is 16.3 Å². The summed E-state index contributed by atoms with van der Waals surface area (Å²) in [6.45, 7) is 0. The van der Waals surface area contributed by atoms with E-state index in [2.05, 4.69) is 9.72 Å². The van der Waals surface area contributed by atoms with E-state index < -0.39 is 12.1 Å². The Bertz CT molecular complexity index is 662. The fourth-order valence-electron chi connectivity index (χ4n) is 1.51. The third-order valence-electron chi connectivity index (χ3n) is 2.32. The van der Waals surface area contributed by atoms with Crippen molar-refractivity contribution < 1.29 is 22.6 Å². The highest BCUT2D eigenvalue weighted by Gasteiger charge is 2.32. The van der Waals surface area contributed by atoms with Gasteiger partial charge in [-0.1, -0.05) is 24.4 Å². The number of nitrogens with two attached hydrogens (primary N) is 1. The van der Waals surface area contributed by atoms with Crippen molar-refractivity contribution in [3.63, 3.8) is 0 Å². The number of alkyl halides is 3. The number of hydrogen-bond acceptors (Lipinski definition) is 4. The van der Waals surface area contributed by atoms with Gasteiger partial charge in [0.05, 0.1) is 5.56 Å². The number of pyridine rings is 1. The predicted molar refractivity (Wildman–Crippen MR) is 73.3 cm³/mol. The van der Waals surface area contributed by atoms with Gasteiger partial charge in [-0.3, -0.25) is 0 Å². The largest absolute Gasteiger partial charge is 0.573 e. The van der Waals surface area contributed by atoms with Crippen LogP contribution in [0.1, 0.15) is 5.56 Å². The molecule has 2 rings (SSSR count). The van der Waals surface area contributed by atoms with Gasteiger partial charge in [0.25, 0.3) is 0 Å². The maximum Gasteiger partial charge on any atom is 0.573 e. The molecule has 4 nitrogen and oxygen atoms in total. The molecule has 2 N–H and O–H groups in total. The highest BCUT2D eigenvalue weighted by molar-refractivity contribution is 7.80. The standard InChI is InChI=1S/C13H9F3N2O2S/c14-13(15,16)20-10-6-2-1-5-9(10)19-12-8(11(17)21)4-3-7-18-12/h1-7H,(H2,17,21). The lowest BCUT2D eigenvalue weighted by Gasteiger charge is -2.14. The van der Waals surface area contributed by atoms with Crippen molar-refractivity contribution in [1.29, 1.82) is 0 Å². The summed E-state index contributed by atoms with van der Waals surface area (Å²) in [6, 6.07) is 8.48. The van der Waals surface area contributed by atoms with Gasteiger partial charge < -0.3 is 15.2 Å². The van der Waals surface area contributed by atoms with Crippen LogP contribution < -0.4 is 15.2 Å². The normalized spacial score (nSPS) is 11.0. The third-order valence-corrected chi connectivity index (χ3v) is 2.54. The van der Waals surface area contributed by atoms with Crippen LogP contribution in [0.3, 0.4) is 0 Å². The van der Waals surface area contributed by atoms with Crippen LogP contribution in [0, 0.1) is 0 Å². The average Bonchev–Trinajstić information content (AvgIpc) is 2.40. The Morgan fingerprint density at radius 2 is 1.76 bits per heavy atom. The average molecular weight is 314 g/mol. The minimum absolute atomic E-state index is 0.00299. The Morgan fingerprint density at radius 1 is 1.10 bits per heavy atom. The molecule has 0 saturated carbocycles. The quantitative estimate of drug-likeness (QED) is 0.877. The van der Waals surface area contributed by atoms with E-state index in [1.54, 1.807) is 12.1 Å². The van der Waals surface area contributed by atoms with E-state index in [0.717, 1.165) is 6.07 Å². The zero-order valence-electron chi connectivity index (χ0n) is 10.4. The van der Waals surface area contributed by atoms with Crippen molar-refractivity contribution in [2.24, 2.45) is 5.73 Å². The molecule has 0 spiro atoms. The minimum atomic E-state index is -4.82. The lowest BCUT2D eigenvalue weighted by atomic mass is 10.2. The smallest absolute Gasteiger partial charge is 0.434 e. The molecule has 1 heterocycles. The van der Waals surface area contributed by atoms with Crippen LogP contribution in [0.25, 0.3) is 0 Å². The molecule has 21 heavy (non-hydrogen) atoms. The van der Waals surface area contributed by atoms with Gasteiger partial charge in [0.15, 0.2) is 11.5 Å². The topological polar surface area (TPSA) is 57.4 Å². The van der Waals surface area contributed by atoms with Crippen molar-refractivity contribution in [2.75, 3.05) is 0 Å². The lowest BCUT2D eigenvalue weighted by Crippen LogP contribution is -2.17. The first-order valence-corrected chi connectivity index (χ1v) is 6.05. The Balaban J connectivity index is 2.35. The predicted octanol–water partition coefficient (Wildman–Crippen LogP) is 3.41. The number of halogens is 3.